The third-order valence-corrected chi connectivity index (χ3v) is 4.29. The summed E-state index contributed by atoms with van der Waals surface area (Å²) >= 11 is 0. The molecular formula is C18H16F2N2O3. The number of halogens is 2. The number of nitrogens with one attached hydrogen (secondary N) is 1. The van der Waals surface area contributed by atoms with E-state index in [9.17, 15) is 18.4 Å². The van der Waals surface area contributed by atoms with E-state index in [2.05, 4.69) is 5.32 Å². The molecule has 5 nitrogen and oxygen atoms in total. The zero-order chi connectivity index (χ0) is 18.2. The summed E-state index contributed by atoms with van der Waals surface area (Å²) in [6, 6.07) is 8.99. The second kappa shape index (κ2) is 6.25. The topological polar surface area (TPSA) is 69.6 Å². The van der Waals surface area contributed by atoms with Crippen LogP contribution in [0.4, 0.5) is 13.6 Å². The summed E-state index contributed by atoms with van der Waals surface area (Å²) in [5, 5.41) is 11.5. The van der Waals surface area contributed by atoms with Gasteiger partial charge in [0.1, 0.15) is 17.2 Å². The summed E-state index contributed by atoms with van der Waals surface area (Å²) in [5.74, 6) is -2.28. The Morgan fingerprint density at radius 3 is 2.32 bits per heavy atom. The van der Waals surface area contributed by atoms with Gasteiger partial charge in [-0.15, -0.1) is 0 Å². The molecule has 0 spiro atoms. The Bertz CT molecular complexity index is 839. The van der Waals surface area contributed by atoms with Crippen molar-refractivity contribution < 1.29 is 23.5 Å². The lowest BCUT2D eigenvalue weighted by Gasteiger charge is -2.22. The Morgan fingerprint density at radius 1 is 1.08 bits per heavy atom. The molecule has 1 heterocycles. The van der Waals surface area contributed by atoms with E-state index in [1.165, 1.54) is 6.92 Å². The van der Waals surface area contributed by atoms with Crippen LogP contribution in [0.1, 0.15) is 23.6 Å². The molecule has 1 unspecified atom stereocenters. The molecule has 1 fully saturated rings. The number of hydrogen-bond donors (Lipinski definition) is 2. The smallest absolute Gasteiger partial charge is 0.325 e. The van der Waals surface area contributed by atoms with Gasteiger partial charge < -0.3 is 10.4 Å². The number of rotatable bonds is 4. The quantitative estimate of drug-likeness (QED) is 0.836. The minimum absolute atomic E-state index is 0.00871. The van der Waals surface area contributed by atoms with Crippen molar-refractivity contribution in [1.29, 1.82) is 0 Å². The minimum Gasteiger partial charge on any atom is -0.392 e. The van der Waals surface area contributed by atoms with Crippen LogP contribution in [0.3, 0.4) is 0 Å². The third kappa shape index (κ3) is 2.98. The number of hydrogen-bond acceptors (Lipinski definition) is 3. The van der Waals surface area contributed by atoms with E-state index in [0.29, 0.717) is 17.2 Å². The van der Waals surface area contributed by atoms with Crippen molar-refractivity contribution in [2.45, 2.75) is 25.6 Å². The predicted octanol–water partition coefficient (Wildman–Crippen LogP) is 2.42. The van der Waals surface area contributed by atoms with Gasteiger partial charge in [0.2, 0.25) is 0 Å². The molecular weight excluding hydrogens is 330 g/mol. The van der Waals surface area contributed by atoms with Gasteiger partial charge in [-0.3, -0.25) is 9.69 Å². The van der Waals surface area contributed by atoms with Crippen molar-refractivity contribution in [3.8, 4) is 0 Å². The number of aliphatic hydroxyl groups is 1. The van der Waals surface area contributed by atoms with Gasteiger partial charge in [-0.05, 0) is 24.1 Å². The van der Waals surface area contributed by atoms with Crippen LogP contribution in [0.5, 0.6) is 0 Å². The van der Waals surface area contributed by atoms with Gasteiger partial charge in [0.05, 0.1) is 13.2 Å². The van der Waals surface area contributed by atoms with Crippen LogP contribution in [0, 0.1) is 11.6 Å². The van der Waals surface area contributed by atoms with E-state index in [1.807, 2.05) is 0 Å². The maximum Gasteiger partial charge on any atom is 0.325 e. The molecule has 0 radical (unpaired) electrons. The molecule has 0 saturated carbocycles. The van der Waals surface area contributed by atoms with Crippen molar-refractivity contribution in [3.63, 3.8) is 0 Å². The highest BCUT2D eigenvalue weighted by atomic mass is 19.1. The number of aliphatic hydroxyl groups excluding tert-OH is 1. The maximum absolute atomic E-state index is 14.1. The molecule has 0 aliphatic carbocycles. The summed E-state index contributed by atoms with van der Waals surface area (Å²) in [5.41, 5.74) is -0.297. The summed E-state index contributed by atoms with van der Waals surface area (Å²) in [6.45, 7) is 1.29. The van der Waals surface area contributed by atoms with Gasteiger partial charge in [-0.1, -0.05) is 30.3 Å². The number of benzene rings is 2. The van der Waals surface area contributed by atoms with Crippen molar-refractivity contribution in [3.05, 3.63) is 70.8 Å². The first-order valence-electron chi connectivity index (χ1n) is 7.63. The Balaban J connectivity index is 1.88. The fourth-order valence-electron chi connectivity index (χ4n) is 2.85. The largest absolute Gasteiger partial charge is 0.392 e. The van der Waals surface area contributed by atoms with Crippen LogP contribution in [0.25, 0.3) is 0 Å². The first kappa shape index (κ1) is 17.0. The molecule has 0 aromatic heterocycles. The van der Waals surface area contributed by atoms with E-state index in [1.54, 1.807) is 24.3 Å². The number of amides is 3. The number of urea groups is 1. The lowest BCUT2D eigenvalue weighted by Crippen LogP contribution is -2.41. The lowest BCUT2D eigenvalue weighted by atomic mass is 9.91. The van der Waals surface area contributed by atoms with Gasteiger partial charge in [-0.2, -0.15) is 0 Å². The molecule has 2 N–H and O–H groups in total. The van der Waals surface area contributed by atoms with E-state index in [-0.39, 0.29) is 18.7 Å². The standard InChI is InChI=1S/C18H16F2N2O3/c1-18(14-7-6-13(19)8-15(14)20)16(24)22(17(25)21-18)9-11-2-4-12(10-23)5-3-11/h2-8,23H,9-10H2,1H3,(H,21,25). The normalized spacial score (nSPS) is 20.1. The average Bonchev–Trinajstić information content (AvgIpc) is 2.79. The molecule has 2 aromatic rings. The summed E-state index contributed by atoms with van der Waals surface area (Å²) in [7, 11) is 0. The number of carbonyl (C=O) groups is 2. The summed E-state index contributed by atoms with van der Waals surface area (Å²) < 4.78 is 27.2. The Hall–Kier alpha value is -2.80. The lowest BCUT2D eigenvalue weighted by molar-refractivity contribution is -0.131. The van der Waals surface area contributed by atoms with Crippen LogP contribution < -0.4 is 5.32 Å². The SMILES string of the molecule is CC1(c2ccc(F)cc2F)NC(=O)N(Cc2ccc(CO)cc2)C1=O. The molecule has 130 valence electrons. The average molecular weight is 346 g/mol. The van der Waals surface area contributed by atoms with Crippen LogP contribution in [-0.2, 0) is 23.5 Å². The highest BCUT2D eigenvalue weighted by Gasteiger charge is 2.50. The second-order valence-corrected chi connectivity index (χ2v) is 6.05. The molecule has 1 aliphatic rings. The summed E-state index contributed by atoms with van der Waals surface area (Å²) in [4.78, 5) is 26.0. The highest BCUT2D eigenvalue weighted by molar-refractivity contribution is 6.07. The van der Waals surface area contributed by atoms with Crippen molar-refractivity contribution in [2.75, 3.05) is 0 Å². The van der Waals surface area contributed by atoms with Crippen molar-refractivity contribution in [1.82, 2.24) is 10.2 Å². The van der Waals surface area contributed by atoms with Gasteiger partial charge >= 0.3 is 6.03 Å². The van der Waals surface area contributed by atoms with Crippen molar-refractivity contribution >= 4 is 11.9 Å². The fourth-order valence-corrected chi connectivity index (χ4v) is 2.85. The van der Waals surface area contributed by atoms with E-state index in [4.69, 9.17) is 5.11 Å². The molecule has 1 atom stereocenters. The number of nitrogens with zero attached hydrogens (tertiary/aromatic N) is 1. The molecule has 1 aliphatic heterocycles. The molecule has 1 saturated heterocycles. The molecule has 25 heavy (non-hydrogen) atoms. The first-order valence-corrected chi connectivity index (χ1v) is 7.63. The Kier molecular flexibility index (Phi) is 4.26. The molecule has 0 bridgehead atoms. The van der Waals surface area contributed by atoms with Crippen LogP contribution in [-0.4, -0.2) is 21.9 Å². The minimum atomic E-state index is -1.60. The zero-order valence-corrected chi connectivity index (χ0v) is 13.4. The molecule has 2 aromatic carbocycles. The van der Waals surface area contributed by atoms with Crippen molar-refractivity contribution in [2.24, 2.45) is 0 Å². The summed E-state index contributed by atoms with van der Waals surface area (Å²) in [6.07, 6.45) is 0. The monoisotopic (exact) mass is 346 g/mol. The van der Waals surface area contributed by atoms with Crippen LogP contribution >= 0.6 is 0 Å². The number of imide groups is 1. The van der Waals surface area contributed by atoms with Gasteiger partial charge in [-0.25, -0.2) is 13.6 Å². The van der Waals surface area contributed by atoms with E-state index >= 15 is 0 Å². The van der Waals surface area contributed by atoms with Gasteiger partial charge in [0, 0.05) is 11.6 Å². The third-order valence-electron chi connectivity index (χ3n) is 4.29. The zero-order valence-electron chi connectivity index (χ0n) is 13.4. The van der Waals surface area contributed by atoms with Crippen LogP contribution in [0.2, 0.25) is 0 Å². The number of carbonyl (C=O) groups excluding carboxylic acids is 2. The Labute approximate surface area is 142 Å². The van der Waals surface area contributed by atoms with Crippen LogP contribution in [0.15, 0.2) is 42.5 Å². The van der Waals surface area contributed by atoms with E-state index < -0.39 is 29.1 Å². The van der Waals surface area contributed by atoms with Gasteiger partial charge in [0.15, 0.2) is 0 Å². The predicted molar refractivity (Wildman–Crippen MR) is 85.2 cm³/mol. The molecule has 3 amide bonds. The highest BCUT2D eigenvalue weighted by Crippen LogP contribution is 2.31. The fraction of sp³-hybridized carbons (Fsp3) is 0.222. The maximum atomic E-state index is 14.1. The molecule has 7 heteroatoms. The first-order chi connectivity index (χ1) is 11.8. The van der Waals surface area contributed by atoms with Gasteiger partial charge in [0.25, 0.3) is 5.91 Å². The second-order valence-electron chi connectivity index (χ2n) is 6.05. The molecule has 3 rings (SSSR count). The van der Waals surface area contributed by atoms with E-state index in [0.717, 1.165) is 17.0 Å². The Morgan fingerprint density at radius 2 is 1.72 bits per heavy atom.